The van der Waals surface area contributed by atoms with Crippen molar-refractivity contribution < 1.29 is 24.2 Å². The van der Waals surface area contributed by atoms with Gasteiger partial charge in [-0.05, 0) is 43.3 Å². The fraction of sp³-hybridized carbons (Fsp3) is 0.368. The molecule has 7 nitrogen and oxygen atoms in total. The van der Waals surface area contributed by atoms with Gasteiger partial charge in [0.25, 0.3) is 0 Å². The molecule has 28 heavy (non-hydrogen) atoms. The van der Waals surface area contributed by atoms with E-state index in [0.29, 0.717) is 34.7 Å². The van der Waals surface area contributed by atoms with Crippen molar-refractivity contribution >= 4 is 46.3 Å². The highest BCUT2D eigenvalue weighted by Gasteiger charge is 2.24. The number of rotatable bonds is 10. The number of carboxylic acids is 1. The Morgan fingerprint density at radius 2 is 2.18 bits per heavy atom. The van der Waals surface area contributed by atoms with E-state index in [1.807, 2.05) is 20.8 Å². The van der Waals surface area contributed by atoms with Crippen LogP contribution in [0.25, 0.3) is 0 Å². The number of ether oxygens (including phenoxy) is 1. The Morgan fingerprint density at radius 1 is 1.43 bits per heavy atom. The normalized spacial score (nSPS) is 11.9. The van der Waals surface area contributed by atoms with Crippen molar-refractivity contribution in [3.8, 4) is 5.88 Å². The largest absolute Gasteiger partial charge is 0.480 e. The number of pyridine rings is 1. The zero-order chi connectivity index (χ0) is 20.7. The minimum atomic E-state index is -1.05. The van der Waals surface area contributed by atoms with E-state index in [2.05, 4.69) is 10.3 Å². The minimum absolute atomic E-state index is 0.0366. The second kappa shape index (κ2) is 10.2. The third-order valence-electron chi connectivity index (χ3n) is 3.66. The Labute approximate surface area is 171 Å². The van der Waals surface area contributed by atoms with Crippen LogP contribution in [0.15, 0.2) is 23.7 Å². The average Bonchev–Trinajstić information content (AvgIpc) is 3.09. The van der Waals surface area contributed by atoms with E-state index in [1.165, 1.54) is 17.5 Å². The summed E-state index contributed by atoms with van der Waals surface area (Å²) in [4.78, 5) is 39.1. The first-order valence-corrected chi connectivity index (χ1v) is 10.6. The average molecular weight is 423 g/mol. The second-order valence-corrected chi connectivity index (χ2v) is 8.16. The number of carbonyl (C=O) groups excluding carboxylic acids is 2. The van der Waals surface area contributed by atoms with Gasteiger partial charge >= 0.3 is 5.97 Å². The molecular formula is C19H22N2O5S2. The molecule has 1 unspecified atom stereocenters. The van der Waals surface area contributed by atoms with Crippen molar-refractivity contribution in [3.05, 3.63) is 40.4 Å². The lowest BCUT2D eigenvalue weighted by Crippen LogP contribution is -2.18. The first-order chi connectivity index (χ1) is 13.3. The smallest absolute Gasteiger partial charge is 0.321 e. The maximum Gasteiger partial charge on any atom is 0.321 e. The monoisotopic (exact) mass is 422 g/mol. The fourth-order valence-electron chi connectivity index (χ4n) is 2.39. The number of thiophene rings is 1. The molecule has 0 aromatic carbocycles. The van der Waals surface area contributed by atoms with Crippen molar-refractivity contribution in [1.82, 2.24) is 4.98 Å². The van der Waals surface area contributed by atoms with Crippen molar-refractivity contribution in [3.63, 3.8) is 0 Å². The van der Waals surface area contributed by atoms with Crippen LogP contribution in [-0.4, -0.2) is 40.1 Å². The number of hydrogen-bond donors (Lipinski definition) is 2. The molecule has 150 valence electrons. The summed E-state index contributed by atoms with van der Waals surface area (Å²) in [5.74, 6) is -1.000. The zero-order valence-electron chi connectivity index (χ0n) is 15.8. The van der Waals surface area contributed by atoms with Gasteiger partial charge in [-0.25, -0.2) is 4.98 Å². The lowest BCUT2D eigenvalue weighted by atomic mass is 10.1. The predicted octanol–water partition coefficient (Wildman–Crippen LogP) is 3.80. The fourth-order valence-corrected chi connectivity index (χ4v) is 4.02. The summed E-state index contributed by atoms with van der Waals surface area (Å²) in [6, 6.07) is 3.37. The highest BCUT2D eigenvalue weighted by Crippen LogP contribution is 2.32. The molecular weight excluding hydrogens is 400 g/mol. The maximum atomic E-state index is 12.2. The lowest BCUT2D eigenvalue weighted by Gasteiger charge is -2.16. The Bertz CT molecular complexity index is 851. The summed E-state index contributed by atoms with van der Waals surface area (Å²) in [5, 5.41) is 13.5. The summed E-state index contributed by atoms with van der Waals surface area (Å²) in [6.07, 6.45) is 2.75. The zero-order valence-corrected chi connectivity index (χ0v) is 17.4. The summed E-state index contributed by atoms with van der Waals surface area (Å²) in [7, 11) is 0. The molecule has 0 radical (unpaired) electrons. The summed E-state index contributed by atoms with van der Waals surface area (Å²) < 4.78 is 5.65. The molecule has 2 aromatic heterocycles. The first kappa shape index (κ1) is 21.9. The van der Waals surface area contributed by atoms with Crippen molar-refractivity contribution in [2.24, 2.45) is 0 Å². The summed E-state index contributed by atoms with van der Waals surface area (Å²) >= 11 is 2.23. The number of aldehydes is 1. The Morgan fingerprint density at radius 3 is 2.79 bits per heavy atom. The molecule has 0 saturated carbocycles. The molecule has 2 N–H and O–H groups in total. The number of thioether (sulfide) groups is 1. The highest BCUT2D eigenvalue weighted by molar-refractivity contribution is 8.00. The van der Waals surface area contributed by atoms with E-state index in [-0.39, 0.29) is 17.8 Å². The van der Waals surface area contributed by atoms with Gasteiger partial charge in [0.05, 0.1) is 11.9 Å². The van der Waals surface area contributed by atoms with Crippen LogP contribution in [0.4, 0.5) is 5.00 Å². The molecule has 0 spiro atoms. The molecule has 9 heteroatoms. The quantitative estimate of drug-likeness (QED) is 0.561. The molecule has 0 bridgehead atoms. The van der Waals surface area contributed by atoms with E-state index in [4.69, 9.17) is 4.74 Å². The van der Waals surface area contributed by atoms with Crippen molar-refractivity contribution in [2.45, 2.75) is 38.5 Å². The number of carboxylic acid groups (broad SMARTS) is 1. The summed E-state index contributed by atoms with van der Waals surface area (Å²) in [5.41, 5.74) is 1.72. The predicted molar refractivity (Wildman–Crippen MR) is 111 cm³/mol. The molecule has 0 fully saturated rings. The topological polar surface area (TPSA) is 106 Å². The number of aromatic nitrogens is 1. The van der Waals surface area contributed by atoms with Gasteiger partial charge in [-0.15, -0.1) is 23.1 Å². The van der Waals surface area contributed by atoms with Crippen LogP contribution < -0.4 is 10.1 Å². The van der Waals surface area contributed by atoms with Crippen LogP contribution in [0.1, 0.15) is 47.5 Å². The molecule has 2 heterocycles. The Balaban J connectivity index is 2.09. The third-order valence-corrected chi connectivity index (χ3v) is 5.74. The maximum absolute atomic E-state index is 12.2. The number of amides is 1. The molecule has 2 rings (SSSR count). The first-order valence-electron chi connectivity index (χ1n) is 8.68. The van der Waals surface area contributed by atoms with E-state index in [0.717, 1.165) is 17.3 Å². The van der Waals surface area contributed by atoms with Crippen LogP contribution in [-0.2, 0) is 16.0 Å². The molecule has 1 amide bonds. The number of aryl methyl sites for hydroxylation is 1. The number of nitrogens with zero attached hydrogens (tertiary/aromatic N) is 1. The van der Waals surface area contributed by atoms with E-state index in [1.54, 1.807) is 17.5 Å². The summed E-state index contributed by atoms with van der Waals surface area (Å²) in [6.45, 7) is 5.73. The van der Waals surface area contributed by atoms with Gasteiger partial charge in [0.1, 0.15) is 10.3 Å². The Hall–Kier alpha value is -2.39. The minimum Gasteiger partial charge on any atom is -0.480 e. The number of anilines is 1. The van der Waals surface area contributed by atoms with E-state index >= 15 is 0 Å². The van der Waals surface area contributed by atoms with Crippen LogP contribution in [0.5, 0.6) is 5.88 Å². The number of aliphatic carboxylic acids is 1. The van der Waals surface area contributed by atoms with E-state index < -0.39 is 11.2 Å². The SMILES string of the molecule is CCc1cc(C(SCC(=O)Nc2sccc2C=O)C(=O)O)cnc1OC(C)C. The highest BCUT2D eigenvalue weighted by atomic mass is 32.2. The molecule has 2 aromatic rings. The van der Waals surface area contributed by atoms with Crippen LogP contribution in [0.2, 0.25) is 0 Å². The second-order valence-electron chi connectivity index (χ2n) is 6.15. The van der Waals surface area contributed by atoms with Gasteiger partial charge in [-0.1, -0.05) is 6.92 Å². The standard InChI is InChI=1S/C19H22N2O5S2/c1-4-12-7-14(8-20-17(12)26-11(2)3)16(19(24)25)28-10-15(23)21-18-13(9-22)5-6-27-18/h5-9,11,16H,4,10H2,1-3H3,(H,21,23)(H,24,25). The van der Waals surface area contributed by atoms with Crippen LogP contribution in [0.3, 0.4) is 0 Å². The van der Waals surface area contributed by atoms with Gasteiger partial charge in [-0.3, -0.25) is 14.4 Å². The van der Waals surface area contributed by atoms with Gasteiger partial charge in [0, 0.05) is 17.3 Å². The molecule has 0 aliphatic carbocycles. The van der Waals surface area contributed by atoms with E-state index in [9.17, 15) is 19.5 Å². The van der Waals surface area contributed by atoms with Crippen LogP contribution >= 0.6 is 23.1 Å². The lowest BCUT2D eigenvalue weighted by molar-refractivity contribution is -0.136. The Kier molecular flexibility index (Phi) is 8.01. The molecule has 0 aliphatic rings. The number of carbonyl (C=O) groups is 3. The molecule has 1 atom stereocenters. The van der Waals surface area contributed by atoms with Gasteiger partial charge < -0.3 is 15.2 Å². The van der Waals surface area contributed by atoms with Crippen molar-refractivity contribution in [2.75, 3.05) is 11.1 Å². The van der Waals surface area contributed by atoms with Gasteiger partial charge in [0.2, 0.25) is 11.8 Å². The van der Waals surface area contributed by atoms with Crippen molar-refractivity contribution in [1.29, 1.82) is 0 Å². The van der Waals surface area contributed by atoms with Gasteiger partial charge in [0.15, 0.2) is 6.29 Å². The van der Waals surface area contributed by atoms with Crippen LogP contribution in [0, 0.1) is 0 Å². The van der Waals surface area contributed by atoms with Gasteiger partial charge in [-0.2, -0.15) is 0 Å². The third kappa shape index (κ3) is 5.80. The number of nitrogens with one attached hydrogen (secondary N) is 1. The molecule has 0 saturated heterocycles. The molecule has 0 aliphatic heterocycles. The number of hydrogen-bond acceptors (Lipinski definition) is 7.